The Hall–Kier alpha value is -1.91. The molecule has 4 rings (SSSR count). The van der Waals surface area contributed by atoms with Gasteiger partial charge >= 0.3 is 0 Å². The number of hydrogen-bond donors (Lipinski definition) is 1. The number of nitrogens with one attached hydrogen (secondary N) is 1. The Morgan fingerprint density at radius 3 is 2.52 bits per heavy atom. The van der Waals surface area contributed by atoms with Crippen LogP contribution in [0.2, 0.25) is 0 Å². The molecule has 1 saturated carbocycles. The Morgan fingerprint density at radius 2 is 1.79 bits per heavy atom. The molecule has 1 unspecified atom stereocenters. The van der Waals surface area contributed by atoms with Crippen LogP contribution in [0.4, 0.5) is 5.69 Å². The second kappa shape index (κ2) is 10.6. The number of piperidine rings is 1. The van der Waals surface area contributed by atoms with Gasteiger partial charge in [-0.3, -0.25) is 4.79 Å². The first-order valence-electron chi connectivity index (χ1n) is 11.9. The zero-order valence-corrected chi connectivity index (χ0v) is 21.0. The van der Waals surface area contributed by atoms with Crippen LogP contribution in [0.1, 0.15) is 70.2 Å². The molecule has 10 heteroatoms. The van der Waals surface area contributed by atoms with Gasteiger partial charge in [0.25, 0.3) is 0 Å². The van der Waals surface area contributed by atoms with Crippen LogP contribution >= 0.6 is 11.8 Å². The molecule has 2 aliphatic rings. The Labute approximate surface area is 200 Å². The van der Waals surface area contributed by atoms with Gasteiger partial charge in [0.15, 0.2) is 5.16 Å². The number of carbonyl (C=O) groups excluding carboxylic acids is 1. The van der Waals surface area contributed by atoms with E-state index >= 15 is 0 Å². The number of hydrogen-bond acceptors (Lipinski definition) is 6. The van der Waals surface area contributed by atoms with Crippen molar-refractivity contribution < 1.29 is 13.2 Å². The van der Waals surface area contributed by atoms with E-state index in [0.717, 1.165) is 43.1 Å². The standard InChI is InChI=1S/C23H33N5O3S2/c1-17(32-23-26-25-18(2)28(23)20-11-5-3-6-12-20)22(29)24-19-10-9-13-21(16-19)33(30,31)27-14-7-4-8-15-27/h9-10,13,16-17,20H,3-8,11-12,14-15H2,1-2H3,(H,24,29). The molecular formula is C23H33N5O3S2. The summed E-state index contributed by atoms with van der Waals surface area (Å²) >= 11 is 1.40. The van der Waals surface area contributed by atoms with Gasteiger partial charge in [0, 0.05) is 24.8 Å². The predicted molar refractivity (Wildman–Crippen MR) is 130 cm³/mol. The third-order valence-electron chi connectivity index (χ3n) is 6.48. The molecule has 2 fully saturated rings. The molecule has 1 atom stereocenters. The number of anilines is 1. The minimum absolute atomic E-state index is 0.191. The lowest BCUT2D eigenvalue weighted by Crippen LogP contribution is -2.35. The Kier molecular flexibility index (Phi) is 7.76. The SMILES string of the molecule is Cc1nnc(SC(C)C(=O)Nc2cccc(S(=O)(=O)N3CCCCC3)c2)n1C1CCCCC1. The van der Waals surface area contributed by atoms with Crippen LogP contribution in [0.25, 0.3) is 0 Å². The van der Waals surface area contributed by atoms with E-state index in [0.29, 0.717) is 24.8 Å². The average Bonchev–Trinajstić information content (AvgIpc) is 3.20. The molecule has 1 N–H and O–H groups in total. The van der Waals surface area contributed by atoms with Crippen molar-refractivity contribution in [2.45, 2.75) is 86.6 Å². The molecule has 1 aliphatic heterocycles. The molecule has 180 valence electrons. The zero-order chi connectivity index (χ0) is 23.4. The highest BCUT2D eigenvalue weighted by Gasteiger charge is 2.27. The van der Waals surface area contributed by atoms with Crippen LogP contribution < -0.4 is 5.32 Å². The van der Waals surface area contributed by atoms with Crippen molar-refractivity contribution in [2.24, 2.45) is 0 Å². The van der Waals surface area contributed by atoms with Gasteiger partial charge in [0.2, 0.25) is 15.9 Å². The van der Waals surface area contributed by atoms with E-state index in [2.05, 4.69) is 20.1 Å². The Balaban J connectivity index is 1.43. The molecule has 0 radical (unpaired) electrons. The quantitative estimate of drug-likeness (QED) is 0.577. The summed E-state index contributed by atoms with van der Waals surface area (Å²) in [6.45, 7) is 4.90. The fourth-order valence-corrected chi connectivity index (χ4v) is 7.16. The molecule has 8 nitrogen and oxygen atoms in total. The first kappa shape index (κ1) is 24.2. The van der Waals surface area contributed by atoms with E-state index < -0.39 is 15.3 Å². The third-order valence-corrected chi connectivity index (χ3v) is 9.43. The molecular weight excluding hydrogens is 458 g/mol. The van der Waals surface area contributed by atoms with E-state index in [1.807, 2.05) is 13.8 Å². The summed E-state index contributed by atoms with van der Waals surface area (Å²) in [5.74, 6) is 0.691. The van der Waals surface area contributed by atoms with Gasteiger partial charge < -0.3 is 9.88 Å². The molecule has 33 heavy (non-hydrogen) atoms. The fraction of sp³-hybridized carbons (Fsp3) is 0.609. The lowest BCUT2D eigenvalue weighted by molar-refractivity contribution is -0.115. The van der Waals surface area contributed by atoms with Crippen molar-refractivity contribution in [3.05, 3.63) is 30.1 Å². The van der Waals surface area contributed by atoms with Crippen molar-refractivity contribution in [1.29, 1.82) is 0 Å². The van der Waals surface area contributed by atoms with Crippen molar-refractivity contribution >= 4 is 33.4 Å². The van der Waals surface area contributed by atoms with Gasteiger partial charge in [-0.1, -0.05) is 43.5 Å². The summed E-state index contributed by atoms with van der Waals surface area (Å²) in [4.78, 5) is 13.1. The average molecular weight is 492 g/mol. The molecule has 0 spiro atoms. The van der Waals surface area contributed by atoms with E-state index in [4.69, 9.17) is 0 Å². The zero-order valence-electron chi connectivity index (χ0n) is 19.4. The maximum absolute atomic E-state index is 13.0. The van der Waals surface area contributed by atoms with Gasteiger partial charge in [-0.15, -0.1) is 10.2 Å². The van der Waals surface area contributed by atoms with E-state index in [1.54, 1.807) is 24.3 Å². The smallest absolute Gasteiger partial charge is 0.243 e. The van der Waals surface area contributed by atoms with Gasteiger partial charge in [0.1, 0.15) is 5.82 Å². The minimum atomic E-state index is -3.55. The molecule has 1 aromatic heterocycles. The topological polar surface area (TPSA) is 97.2 Å². The summed E-state index contributed by atoms with van der Waals surface area (Å²) in [7, 11) is -3.55. The summed E-state index contributed by atoms with van der Waals surface area (Å²) < 4.78 is 29.7. The maximum Gasteiger partial charge on any atom is 0.243 e. The molecule has 1 saturated heterocycles. The maximum atomic E-state index is 13.0. The number of aromatic nitrogens is 3. The van der Waals surface area contributed by atoms with E-state index in [9.17, 15) is 13.2 Å². The molecule has 1 aromatic carbocycles. The number of aryl methyl sites for hydroxylation is 1. The number of amides is 1. The normalized spacial score (nSPS) is 19.3. The van der Waals surface area contributed by atoms with E-state index in [1.165, 1.54) is 35.3 Å². The predicted octanol–water partition coefficient (Wildman–Crippen LogP) is 4.39. The highest BCUT2D eigenvalue weighted by molar-refractivity contribution is 8.00. The summed E-state index contributed by atoms with van der Waals surface area (Å²) in [6, 6.07) is 6.93. The highest BCUT2D eigenvalue weighted by Crippen LogP contribution is 2.34. The van der Waals surface area contributed by atoms with Crippen LogP contribution in [0.5, 0.6) is 0 Å². The van der Waals surface area contributed by atoms with Crippen LogP contribution in [0, 0.1) is 6.92 Å². The summed E-state index contributed by atoms with van der Waals surface area (Å²) in [6.07, 6.45) is 8.75. The summed E-state index contributed by atoms with van der Waals surface area (Å²) in [5.41, 5.74) is 0.482. The number of sulfonamides is 1. The lowest BCUT2D eigenvalue weighted by atomic mass is 9.95. The van der Waals surface area contributed by atoms with Crippen molar-refractivity contribution in [3.63, 3.8) is 0 Å². The summed E-state index contributed by atoms with van der Waals surface area (Å²) in [5, 5.41) is 11.8. The Morgan fingerprint density at radius 1 is 1.09 bits per heavy atom. The molecule has 2 aromatic rings. The fourth-order valence-electron chi connectivity index (χ4n) is 4.63. The largest absolute Gasteiger partial charge is 0.325 e. The highest BCUT2D eigenvalue weighted by atomic mass is 32.2. The van der Waals surface area contributed by atoms with Crippen LogP contribution in [-0.2, 0) is 14.8 Å². The van der Waals surface area contributed by atoms with Crippen LogP contribution in [0.3, 0.4) is 0 Å². The lowest BCUT2D eigenvalue weighted by Gasteiger charge is -2.26. The first-order chi connectivity index (χ1) is 15.9. The minimum Gasteiger partial charge on any atom is -0.325 e. The number of benzene rings is 1. The van der Waals surface area contributed by atoms with Gasteiger partial charge in [-0.05, 0) is 57.7 Å². The second-order valence-electron chi connectivity index (χ2n) is 8.93. The van der Waals surface area contributed by atoms with Crippen LogP contribution in [-0.4, -0.2) is 51.7 Å². The number of nitrogens with zero attached hydrogens (tertiary/aromatic N) is 4. The van der Waals surface area contributed by atoms with Crippen LogP contribution in [0.15, 0.2) is 34.3 Å². The van der Waals surface area contributed by atoms with Crippen molar-refractivity contribution in [2.75, 3.05) is 18.4 Å². The van der Waals surface area contributed by atoms with Gasteiger partial charge in [-0.25, -0.2) is 8.42 Å². The van der Waals surface area contributed by atoms with E-state index in [-0.39, 0.29) is 10.8 Å². The number of thioether (sulfide) groups is 1. The monoisotopic (exact) mass is 491 g/mol. The van der Waals surface area contributed by atoms with Crippen molar-refractivity contribution in [3.8, 4) is 0 Å². The Bertz CT molecular complexity index is 1070. The molecule has 1 aliphatic carbocycles. The second-order valence-corrected chi connectivity index (χ2v) is 12.2. The first-order valence-corrected chi connectivity index (χ1v) is 14.2. The third kappa shape index (κ3) is 5.60. The molecule has 0 bridgehead atoms. The molecule has 1 amide bonds. The molecule has 2 heterocycles. The number of carbonyl (C=O) groups is 1. The van der Waals surface area contributed by atoms with Crippen molar-refractivity contribution in [1.82, 2.24) is 19.1 Å². The van der Waals surface area contributed by atoms with Gasteiger partial charge in [-0.2, -0.15) is 4.31 Å². The van der Waals surface area contributed by atoms with Gasteiger partial charge in [0.05, 0.1) is 10.1 Å². The number of rotatable bonds is 7.